The van der Waals surface area contributed by atoms with Crippen molar-refractivity contribution in [3.05, 3.63) is 41.5 Å². The van der Waals surface area contributed by atoms with Gasteiger partial charge in [0.2, 0.25) is 5.91 Å². The molecule has 0 saturated heterocycles. The summed E-state index contributed by atoms with van der Waals surface area (Å²) < 4.78 is 38.4. The summed E-state index contributed by atoms with van der Waals surface area (Å²) in [5.41, 5.74) is 4.07. The third kappa shape index (κ3) is 3.41. The lowest BCUT2D eigenvalue weighted by molar-refractivity contribution is -0.137. The Balaban J connectivity index is 2.20. The van der Waals surface area contributed by atoms with Crippen molar-refractivity contribution < 1.29 is 18.0 Å². The number of hydrogen-bond acceptors (Lipinski definition) is 3. The van der Waals surface area contributed by atoms with Crippen molar-refractivity contribution in [1.82, 2.24) is 0 Å². The molecule has 1 aliphatic carbocycles. The molecule has 0 fully saturated rings. The molecule has 2 atom stereocenters. The van der Waals surface area contributed by atoms with Crippen LogP contribution in [0.1, 0.15) is 17.5 Å². The Bertz CT molecular complexity index is 631. The van der Waals surface area contributed by atoms with Crippen molar-refractivity contribution in [2.24, 2.45) is 11.7 Å². The Labute approximate surface area is 119 Å². The molecule has 0 saturated carbocycles. The molecule has 21 heavy (non-hydrogen) atoms. The Kier molecular flexibility index (Phi) is 4.00. The average Bonchev–Trinajstić information content (AvgIpc) is 2.84. The first-order valence-corrected chi connectivity index (χ1v) is 6.17. The zero-order chi connectivity index (χ0) is 15.6. The standard InChI is InChI=1S/C14H12F3N3O/c15-14(16,17)12-6-11(4-2-9(12)7-18)20-13(21)8-1-3-10(19)5-8/h1-4,6,8,10H,5,19H2,(H,20,21). The van der Waals surface area contributed by atoms with E-state index in [9.17, 15) is 18.0 Å². The maximum Gasteiger partial charge on any atom is 0.417 e. The molecule has 1 aromatic rings. The van der Waals surface area contributed by atoms with Crippen molar-refractivity contribution in [2.75, 3.05) is 5.32 Å². The van der Waals surface area contributed by atoms with E-state index in [0.29, 0.717) is 6.42 Å². The molecule has 4 nitrogen and oxygen atoms in total. The summed E-state index contributed by atoms with van der Waals surface area (Å²) in [5, 5.41) is 11.1. The van der Waals surface area contributed by atoms with Gasteiger partial charge in [-0.15, -0.1) is 0 Å². The molecule has 2 rings (SSSR count). The van der Waals surface area contributed by atoms with E-state index in [0.717, 1.165) is 12.1 Å². The van der Waals surface area contributed by atoms with Crippen LogP contribution in [0.3, 0.4) is 0 Å². The highest BCUT2D eigenvalue weighted by molar-refractivity contribution is 5.94. The molecular weight excluding hydrogens is 283 g/mol. The molecule has 3 N–H and O–H groups in total. The second kappa shape index (κ2) is 5.58. The number of amides is 1. The number of nitriles is 1. The second-order valence-electron chi connectivity index (χ2n) is 4.75. The molecule has 0 radical (unpaired) electrons. The van der Waals surface area contributed by atoms with Crippen molar-refractivity contribution in [2.45, 2.75) is 18.6 Å². The van der Waals surface area contributed by atoms with Crippen molar-refractivity contribution in [3.8, 4) is 6.07 Å². The Morgan fingerprint density at radius 2 is 2.10 bits per heavy atom. The molecular formula is C14H12F3N3O. The molecule has 1 amide bonds. The second-order valence-corrected chi connectivity index (χ2v) is 4.75. The van der Waals surface area contributed by atoms with E-state index in [1.807, 2.05) is 0 Å². The Hall–Kier alpha value is -2.33. The molecule has 1 aromatic carbocycles. The van der Waals surface area contributed by atoms with Crippen LogP contribution in [0.15, 0.2) is 30.4 Å². The van der Waals surface area contributed by atoms with Gasteiger partial charge in [0.15, 0.2) is 0 Å². The maximum absolute atomic E-state index is 12.8. The van der Waals surface area contributed by atoms with Crippen molar-refractivity contribution >= 4 is 11.6 Å². The van der Waals surface area contributed by atoms with E-state index in [1.54, 1.807) is 12.2 Å². The van der Waals surface area contributed by atoms with Gasteiger partial charge in [-0.05, 0) is 24.6 Å². The highest BCUT2D eigenvalue weighted by atomic mass is 19.4. The fourth-order valence-corrected chi connectivity index (χ4v) is 2.11. The monoisotopic (exact) mass is 295 g/mol. The van der Waals surface area contributed by atoms with Crippen LogP contribution in [0.2, 0.25) is 0 Å². The first-order valence-electron chi connectivity index (χ1n) is 6.17. The lowest BCUT2D eigenvalue weighted by Gasteiger charge is -2.13. The van der Waals surface area contributed by atoms with Crippen LogP contribution >= 0.6 is 0 Å². The van der Waals surface area contributed by atoms with Crippen LogP contribution in [0, 0.1) is 17.2 Å². The van der Waals surface area contributed by atoms with Gasteiger partial charge in [0, 0.05) is 11.7 Å². The first kappa shape index (κ1) is 15.1. The van der Waals surface area contributed by atoms with Gasteiger partial charge in [-0.2, -0.15) is 18.4 Å². The number of carbonyl (C=O) groups is 1. The van der Waals surface area contributed by atoms with E-state index in [1.165, 1.54) is 12.1 Å². The van der Waals surface area contributed by atoms with Crippen LogP contribution < -0.4 is 11.1 Å². The fourth-order valence-electron chi connectivity index (χ4n) is 2.11. The summed E-state index contributed by atoms with van der Waals surface area (Å²) in [5.74, 6) is -0.873. The van der Waals surface area contributed by atoms with E-state index in [-0.39, 0.29) is 11.7 Å². The largest absolute Gasteiger partial charge is 0.417 e. The van der Waals surface area contributed by atoms with Crippen LogP contribution in [0.4, 0.5) is 18.9 Å². The van der Waals surface area contributed by atoms with Crippen molar-refractivity contribution in [1.29, 1.82) is 5.26 Å². The topological polar surface area (TPSA) is 78.9 Å². The van der Waals surface area contributed by atoms with Crippen LogP contribution in [0.25, 0.3) is 0 Å². The van der Waals surface area contributed by atoms with E-state index < -0.39 is 29.1 Å². The summed E-state index contributed by atoms with van der Waals surface area (Å²) in [6.07, 6.45) is -0.909. The quantitative estimate of drug-likeness (QED) is 0.822. The molecule has 0 bridgehead atoms. The van der Waals surface area contributed by atoms with E-state index in [4.69, 9.17) is 11.0 Å². The minimum atomic E-state index is -4.65. The number of rotatable bonds is 2. The number of benzene rings is 1. The molecule has 0 aromatic heterocycles. The van der Waals surface area contributed by atoms with Gasteiger partial charge in [-0.25, -0.2) is 0 Å². The number of nitrogens with one attached hydrogen (secondary N) is 1. The average molecular weight is 295 g/mol. The van der Waals surface area contributed by atoms with E-state index in [2.05, 4.69) is 5.32 Å². The zero-order valence-electron chi connectivity index (χ0n) is 10.8. The number of hydrogen-bond donors (Lipinski definition) is 2. The Morgan fingerprint density at radius 1 is 1.38 bits per heavy atom. The number of alkyl halides is 3. The minimum absolute atomic E-state index is 0.000182. The van der Waals surface area contributed by atoms with Gasteiger partial charge >= 0.3 is 6.18 Å². The van der Waals surface area contributed by atoms with Crippen LogP contribution in [0.5, 0.6) is 0 Å². The SMILES string of the molecule is N#Cc1ccc(NC(=O)C2C=CC(N)C2)cc1C(F)(F)F. The lowest BCUT2D eigenvalue weighted by atomic mass is 10.1. The van der Waals surface area contributed by atoms with Crippen LogP contribution in [-0.2, 0) is 11.0 Å². The molecule has 7 heteroatoms. The third-order valence-electron chi connectivity index (χ3n) is 3.17. The number of nitrogens with two attached hydrogens (primary N) is 1. The van der Waals surface area contributed by atoms with E-state index >= 15 is 0 Å². The zero-order valence-corrected chi connectivity index (χ0v) is 10.8. The van der Waals surface area contributed by atoms with Gasteiger partial charge in [0.1, 0.15) is 0 Å². The predicted octanol–water partition coefficient (Wildman–Crippen LogP) is 2.42. The maximum atomic E-state index is 12.8. The Morgan fingerprint density at radius 3 is 2.62 bits per heavy atom. The third-order valence-corrected chi connectivity index (χ3v) is 3.17. The molecule has 2 unspecified atom stereocenters. The lowest BCUT2D eigenvalue weighted by Crippen LogP contribution is -2.24. The number of carbonyl (C=O) groups excluding carboxylic acids is 1. The summed E-state index contributed by atoms with van der Waals surface area (Å²) in [4.78, 5) is 11.9. The fraction of sp³-hybridized carbons (Fsp3) is 0.286. The molecule has 1 aliphatic rings. The predicted molar refractivity (Wildman–Crippen MR) is 70.0 cm³/mol. The van der Waals surface area contributed by atoms with Gasteiger partial charge < -0.3 is 11.1 Å². The van der Waals surface area contributed by atoms with Crippen LogP contribution in [-0.4, -0.2) is 11.9 Å². The van der Waals surface area contributed by atoms with Gasteiger partial charge in [-0.1, -0.05) is 12.2 Å². The normalized spacial score (nSPS) is 21.1. The first-order chi connectivity index (χ1) is 9.81. The number of halogens is 3. The van der Waals surface area contributed by atoms with Gasteiger partial charge in [0.25, 0.3) is 0 Å². The highest BCUT2D eigenvalue weighted by Gasteiger charge is 2.34. The molecule has 0 spiro atoms. The van der Waals surface area contributed by atoms with Gasteiger partial charge in [-0.3, -0.25) is 4.79 Å². The summed E-state index contributed by atoms with van der Waals surface area (Å²) in [7, 11) is 0. The number of anilines is 1. The smallest absolute Gasteiger partial charge is 0.326 e. The summed E-state index contributed by atoms with van der Waals surface area (Å²) in [6.45, 7) is 0. The number of nitrogens with zero attached hydrogens (tertiary/aromatic N) is 1. The van der Waals surface area contributed by atoms with Gasteiger partial charge in [0.05, 0.1) is 23.1 Å². The molecule has 0 aliphatic heterocycles. The summed E-state index contributed by atoms with van der Waals surface area (Å²) in [6, 6.07) is 4.33. The minimum Gasteiger partial charge on any atom is -0.326 e. The van der Waals surface area contributed by atoms with Crippen molar-refractivity contribution in [3.63, 3.8) is 0 Å². The highest BCUT2D eigenvalue weighted by Crippen LogP contribution is 2.33. The summed E-state index contributed by atoms with van der Waals surface area (Å²) >= 11 is 0. The molecule has 0 heterocycles. The molecule has 110 valence electrons.